The van der Waals surface area contributed by atoms with E-state index in [0.717, 1.165) is 25.7 Å². The summed E-state index contributed by atoms with van der Waals surface area (Å²) in [4.78, 5) is 43.8. The van der Waals surface area contributed by atoms with E-state index in [9.17, 15) is 19.2 Å². The van der Waals surface area contributed by atoms with Crippen LogP contribution in [0, 0.1) is 0 Å². The number of carbonyl (C=O) groups is 4. The summed E-state index contributed by atoms with van der Waals surface area (Å²) in [5, 5.41) is 7.25. The number of nitrogens with one attached hydrogen (secondary N) is 3. The first-order valence-corrected chi connectivity index (χ1v) is 11.4. The molecule has 3 N–H and O–H groups in total. The minimum atomic E-state index is -0.861. The molecule has 0 radical (unpaired) electrons. The Bertz CT molecular complexity index is 718. The van der Waals surface area contributed by atoms with Crippen molar-refractivity contribution in [3.05, 3.63) is 46.6 Å². The second kappa shape index (κ2) is 20.4. The molecular formula is C26H43N3O5. The molecule has 192 valence electrons. The SMILES string of the molecule is CNC(=O)C(=O)NC/C=C(/C)CCC=C(C)C.COC(=O)C(=O)NC/C=C(/C)CCC=C(C)C. The van der Waals surface area contributed by atoms with E-state index in [0.29, 0.717) is 13.1 Å². The van der Waals surface area contributed by atoms with E-state index in [4.69, 9.17) is 0 Å². The number of hydrogen-bond donors (Lipinski definition) is 3. The van der Waals surface area contributed by atoms with Gasteiger partial charge in [0, 0.05) is 20.1 Å². The number of likely N-dealkylation sites (N-methyl/N-ethyl adjacent to an activating group) is 1. The van der Waals surface area contributed by atoms with Gasteiger partial charge in [0.05, 0.1) is 7.11 Å². The first kappa shape index (κ1) is 33.0. The van der Waals surface area contributed by atoms with Gasteiger partial charge in [0.25, 0.3) is 0 Å². The summed E-state index contributed by atoms with van der Waals surface area (Å²) in [6.45, 7) is 13.0. The van der Waals surface area contributed by atoms with Crippen LogP contribution in [0.5, 0.6) is 0 Å². The van der Waals surface area contributed by atoms with Gasteiger partial charge in [-0.25, -0.2) is 4.79 Å². The molecule has 0 aliphatic heterocycles. The maximum Gasteiger partial charge on any atom is 0.396 e. The highest BCUT2D eigenvalue weighted by atomic mass is 16.5. The van der Waals surface area contributed by atoms with Crippen molar-refractivity contribution in [1.29, 1.82) is 0 Å². The van der Waals surface area contributed by atoms with E-state index in [1.165, 1.54) is 36.4 Å². The van der Waals surface area contributed by atoms with Crippen molar-refractivity contribution in [3.8, 4) is 0 Å². The zero-order valence-electron chi connectivity index (χ0n) is 22.1. The van der Waals surface area contributed by atoms with E-state index in [1.54, 1.807) is 0 Å². The molecule has 0 aromatic carbocycles. The second-order valence-corrected chi connectivity index (χ2v) is 8.23. The first-order chi connectivity index (χ1) is 15.9. The molecule has 0 saturated carbocycles. The van der Waals surface area contributed by atoms with Crippen molar-refractivity contribution < 1.29 is 23.9 Å². The van der Waals surface area contributed by atoms with E-state index in [1.807, 2.05) is 26.0 Å². The number of carbonyl (C=O) groups excluding carboxylic acids is 4. The molecule has 8 nitrogen and oxygen atoms in total. The fraction of sp³-hybridized carbons (Fsp3) is 0.538. The van der Waals surface area contributed by atoms with Crippen molar-refractivity contribution in [1.82, 2.24) is 16.0 Å². The molecule has 0 spiro atoms. The number of methoxy groups -OCH3 is 1. The number of ether oxygens (including phenoxy) is 1. The van der Waals surface area contributed by atoms with Crippen LogP contribution in [0.4, 0.5) is 0 Å². The topological polar surface area (TPSA) is 114 Å². The molecule has 0 aromatic rings. The predicted molar refractivity (Wildman–Crippen MR) is 137 cm³/mol. The molecule has 0 saturated heterocycles. The van der Waals surface area contributed by atoms with Crippen molar-refractivity contribution in [2.45, 2.75) is 67.2 Å². The fourth-order valence-electron chi connectivity index (χ4n) is 2.38. The Morgan fingerprint density at radius 3 is 1.41 bits per heavy atom. The van der Waals surface area contributed by atoms with Gasteiger partial charge in [0.1, 0.15) is 0 Å². The first-order valence-electron chi connectivity index (χ1n) is 11.4. The molecule has 3 amide bonds. The molecular weight excluding hydrogens is 434 g/mol. The van der Waals surface area contributed by atoms with Gasteiger partial charge in [0.2, 0.25) is 0 Å². The third-order valence-corrected chi connectivity index (χ3v) is 4.41. The highest BCUT2D eigenvalue weighted by Gasteiger charge is 2.11. The minimum Gasteiger partial charge on any atom is -0.462 e. The van der Waals surface area contributed by atoms with Crippen LogP contribution in [0.2, 0.25) is 0 Å². The molecule has 0 aliphatic carbocycles. The number of esters is 1. The van der Waals surface area contributed by atoms with Crippen LogP contribution in [0.1, 0.15) is 67.2 Å². The average molecular weight is 478 g/mol. The lowest BCUT2D eigenvalue weighted by Crippen LogP contribution is -2.38. The molecule has 0 fully saturated rings. The Morgan fingerprint density at radius 2 is 1.06 bits per heavy atom. The minimum absolute atomic E-state index is 0.356. The molecule has 0 rings (SSSR count). The Labute approximate surface area is 205 Å². The zero-order chi connectivity index (χ0) is 26.5. The van der Waals surface area contributed by atoms with Crippen LogP contribution < -0.4 is 16.0 Å². The van der Waals surface area contributed by atoms with Crippen LogP contribution in [-0.2, 0) is 23.9 Å². The summed E-state index contributed by atoms with van der Waals surface area (Å²) in [7, 11) is 2.62. The molecule has 0 unspecified atom stereocenters. The number of allylic oxidation sites excluding steroid dienone is 6. The largest absolute Gasteiger partial charge is 0.462 e. The monoisotopic (exact) mass is 477 g/mol. The molecule has 8 heteroatoms. The predicted octanol–water partition coefficient (Wildman–Crippen LogP) is 3.51. The van der Waals surface area contributed by atoms with Gasteiger partial charge in [-0.15, -0.1) is 0 Å². The highest BCUT2D eigenvalue weighted by molar-refractivity contribution is 6.35. The third kappa shape index (κ3) is 20.7. The van der Waals surface area contributed by atoms with Crippen LogP contribution >= 0.6 is 0 Å². The van der Waals surface area contributed by atoms with E-state index in [2.05, 4.69) is 60.5 Å². The lowest BCUT2D eigenvalue weighted by Gasteiger charge is -2.02. The molecule has 0 atom stereocenters. The number of rotatable bonds is 10. The second-order valence-electron chi connectivity index (χ2n) is 8.23. The van der Waals surface area contributed by atoms with E-state index in [-0.39, 0.29) is 0 Å². The van der Waals surface area contributed by atoms with Crippen LogP contribution in [-0.4, -0.2) is 50.9 Å². The van der Waals surface area contributed by atoms with Gasteiger partial charge in [-0.2, -0.15) is 0 Å². The Morgan fingerprint density at radius 1 is 0.647 bits per heavy atom. The van der Waals surface area contributed by atoms with Crippen molar-refractivity contribution in [3.63, 3.8) is 0 Å². The molecule has 34 heavy (non-hydrogen) atoms. The maximum absolute atomic E-state index is 11.1. The van der Waals surface area contributed by atoms with E-state index < -0.39 is 23.7 Å². The summed E-state index contributed by atoms with van der Waals surface area (Å²) in [5.74, 6) is -2.78. The van der Waals surface area contributed by atoms with Gasteiger partial charge >= 0.3 is 23.7 Å². The van der Waals surface area contributed by atoms with Crippen LogP contribution in [0.3, 0.4) is 0 Å². The maximum atomic E-state index is 11.1. The van der Waals surface area contributed by atoms with Gasteiger partial charge in [0.15, 0.2) is 0 Å². The average Bonchev–Trinajstić information content (AvgIpc) is 2.77. The number of amides is 3. The molecule has 0 aliphatic rings. The molecule has 0 heterocycles. The van der Waals surface area contributed by atoms with Gasteiger partial charge in [-0.1, -0.05) is 46.6 Å². The van der Waals surface area contributed by atoms with Gasteiger partial charge in [-0.3, -0.25) is 14.4 Å². The normalized spacial score (nSPS) is 10.7. The zero-order valence-corrected chi connectivity index (χ0v) is 22.1. The molecule has 0 aromatic heterocycles. The Hall–Kier alpha value is -3.16. The van der Waals surface area contributed by atoms with Crippen LogP contribution in [0.25, 0.3) is 0 Å². The summed E-state index contributed by atoms with van der Waals surface area (Å²) in [6, 6.07) is 0. The summed E-state index contributed by atoms with van der Waals surface area (Å²) < 4.78 is 4.28. The summed E-state index contributed by atoms with van der Waals surface area (Å²) in [5.41, 5.74) is 5.01. The van der Waals surface area contributed by atoms with Crippen molar-refractivity contribution >= 4 is 23.7 Å². The summed E-state index contributed by atoms with van der Waals surface area (Å²) >= 11 is 0. The van der Waals surface area contributed by atoms with Crippen LogP contribution in [0.15, 0.2) is 46.6 Å². The smallest absolute Gasteiger partial charge is 0.396 e. The Kier molecular flexibility index (Phi) is 19.9. The highest BCUT2D eigenvalue weighted by Crippen LogP contribution is 2.06. The van der Waals surface area contributed by atoms with Gasteiger partial charge in [-0.05, 0) is 67.2 Å². The van der Waals surface area contributed by atoms with Crippen molar-refractivity contribution in [2.75, 3.05) is 27.2 Å². The van der Waals surface area contributed by atoms with E-state index >= 15 is 0 Å². The fourth-order valence-corrected chi connectivity index (χ4v) is 2.38. The Balaban J connectivity index is 0. The number of hydrogen-bond acceptors (Lipinski definition) is 5. The third-order valence-electron chi connectivity index (χ3n) is 4.41. The molecule has 0 bridgehead atoms. The summed E-state index contributed by atoms with van der Waals surface area (Å²) in [6.07, 6.45) is 12.1. The lowest BCUT2D eigenvalue weighted by atomic mass is 10.1. The quantitative estimate of drug-likeness (QED) is 0.253. The van der Waals surface area contributed by atoms with Gasteiger partial charge < -0.3 is 20.7 Å². The van der Waals surface area contributed by atoms with Crippen molar-refractivity contribution in [2.24, 2.45) is 0 Å². The lowest BCUT2D eigenvalue weighted by molar-refractivity contribution is -0.152. The standard InChI is InChI=1S/C13H22N2O2.C13H21NO3/c1-10(2)6-5-7-11(3)8-9-15-13(17)12(16)14-4;1-10(2)6-5-7-11(3)8-9-14-12(15)13(16)17-4/h6,8H,5,7,9H2,1-4H3,(H,14,16)(H,15,17);6,8H,5,7,9H2,1-4H3,(H,14,15)/b2*11-8-.